The standard InChI is InChI=1S/4C25H26N/c2*1-17-6-3-4-9-23(17)24-13-12-22(16-26(24)2)18-7-5-8-19(14-18)25-20-10-11-21(25)15-20;2*1-17-5-3-4-6-23(17)24-14-13-22(16-26(24)2)18-7-9-19(10-8-18)25-20-11-12-21(25)15-20/h2*3-9,12-14,16,20-21,25H,10-11,15H2,1-2H3;2*3-10,13-14,16,20-21,25H,11-12,15H2,1-2H3/q4*+1/i25D;;25D;. The summed E-state index contributed by atoms with van der Waals surface area (Å²) in [6, 6.07) is 88.3. The Morgan fingerprint density at radius 1 is 0.240 bits per heavy atom. The first-order chi connectivity index (χ1) is 51.5. The van der Waals surface area contributed by atoms with Crippen LogP contribution in [0.2, 0.25) is 0 Å². The van der Waals surface area contributed by atoms with E-state index in [0.717, 1.165) is 35.5 Å². The normalized spacial score (nSPS) is 25.4. The number of benzene rings is 8. The number of rotatable bonds is 12. The number of aromatic nitrogens is 4. The molecule has 0 saturated heterocycles. The molecule has 520 valence electrons. The summed E-state index contributed by atoms with van der Waals surface area (Å²) in [5, 5.41) is 0. The van der Waals surface area contributed by atoms with E-state index in [1.54, 1.807) is 11.1 Å². The first kappa shape index (κ1) is 65.1. The molecule has 12 saturated carbocycles. The third-order valence-electron chi connectivity index (χ3n) is 26.2. The summed E-state index contributed by atoms with van der Waals surface area (Å²) in [5.74, 6) is 7.18. The van der Waals surface area contributed by atoms with Crippen LogP contribution in [0, 0.1) is 75.0 Å². The number of nitrogens with zero attached hydrogens (tertiary/aromatic N) is 4. The molecule has 0 amide bonds. The van der Waals surface area contributed by atoms with E-state index in [-0.39, 0.29) is 11.8 Å². The molecule has 4 heterocycles. The molecule has 12 aliphatic rings. The lowest BCUT2D eigenvalue weighted by molar-refractivity contribution is -0.660. The van der Waals surface area contributed by atoms with Crippen molar-refractivity contribution in [2.45, 2.75) is 128 Å². The average Bonchev–Trinajstić information content (AvgIpc) is 1.57. The lowest BCUT2D eigenvalue weighted by Crippen LogP contribution is -2.30. The van der Waals surface area contributed by atoms with Gasteiger partial charge in [0.2, 0.25) is 22.8 Å². The number of hydrogen-bond donors (Lipinski definition) is 0. The lowest BCUT2D eigenvalue weighted by atomic mass is 9.68. The van der Waals surface area contributed by atoms with E-state index in [9.17, 15) is 0 Å². The summed E-state index contributed by atoms with van der Waals surface area (Å²) in [7, 11) is 8.53. The van der Waals surface area contributed by atoms with Gasteiger partial charge in [0.1, 0.15) is 28.2 Å². The second kappa shape index (κ2) is 28.8. The van der Waals surface area contributed by atoms with Crippen molar-refractivity contribution >= 4 is 0 Å². The number of fused-ring (bicyclic) bond motifs is 4. The SMILES string of the molecule is Cc1ccccc1-c1ccc(-c2ccc(C3C4CCC3C4)cc2)c[n+]1C.Cc1ccccc1-c1ccc(-c2cccc(C3C4CCC3C4)c2)c[n+]1C.[2H]C1(c2ccc(-c3ccc(-c4ccccc4C)[n+](C)c3)cc2)C2CCC1C2.[2H]C1(c2cccc(-c3ccc(-c4ccccc4C)[n+](C)c3)c2)C2CCC1C2. The van der Waals surface area contributed by atoms with Crippen LogP contribution in [0.4, 0.5) is 0 Å². The molecule has 0 N–H and O–H groups in total. The Morgan fingerprint density at radius 3 is 0.837 bits per heavy atom. The maximum absolute atomic E-state index is 9.04. The van der Waals surface area contributed by atoms with Crippen LogP contribution in [0.1, 0.15) is 148 Å². The molecule has 8 bridgehead atoms. The summed E-state index contributed by atoms with van der Waals surface area (Å²) in [4.78, 5) is 0. The molecule has 4 aromatic heterocycles. The minimum absolute atomic E-state index is 0.308. The Hall–Kier alpha value is -9.64. The van der Waals surface area contributed by atoms with Gasteiger partial charge in [-0.25, -0.2) is 18.3 Å². The molecule has 8 unspecified atom stereocenters. The van der Waals surface area contributed by atoms with E-state index in [0.29, 0.717) is 23.7 Å². The summed E-state index contributed by atoms with van der Waals surface area (Å²) >= 11 is 0. The molecule has 8 aromatic carbocycles. The highest BCUT2D eigenvalue weighted by Crippen LogP contribution is 2.62. The first-order valence-corrected chi connectivity index (χ1v) is 39.2. The average molecular weight is 1360 g/mol. The van der Waals surface area contributed by atoms with Gasteiger partial charge < -0.3 is 0 Å². The van der Waals surface area contributed by atoms with Gasteiger partial charge in [-0.2, -0.15) is 0 Å². The summed E-state index contributed by atoms with van der Waals surface area (Å²) < 4.78 is 26.9. The van der Waals surface area contributed by atoms with Crippen LogP contribution in [-0.2, 0) is 28.2 Å². The van der Waals surface area contributed by atoms with Crippen LogP contribution >= 0.6 is 0 Å². The summed E-state index contributed by atoms with van der Waals surface area (Å²) in [6.07, 6.45) is 25.2. The topological polar surface area (TPSA) is 15.5 Å². The van der Waals surface area contributed by atoms with Crippen LogP contribution in [0.25, 0.3) is 89.5 Å². The quantitative estimate of drug-likeness (QED) is 0.108. The van der Waals surface area contributed by atoms with Crippen molar-refractivity contribution in [3.05, 3.63) is 312 Å². The fraction of sp³-hybridized carbons (Fsp3) is 0.320. The predicted octanol–water partition coefficient (Wildman–Crippen LogP) is 22.7. The fourth-order valence-electron chi connectivity index (χ4n) is 20.5. The smallest absolute Gasteiger partial charge is 0.200 e. The van der Waals surface area contributed by atoms with E-state index >= 15 is 0 Å². The van der Waals surface area contributed by atoms with E-state index in [1.807, 2.05) is 0 Å². The van der Waals surface area contributed by atoms with Crippen molar-refractivity contribution in [1.29, 1.82) is 0 Å². The number of hydrogen-bond acceptors (Lipinski definition) is 0. The Morgan fingerprint density at radius 2 is 0.510 bits per heavy atom. The van der Waals surface area contributed by atoms with Crippen molar-refractivity contribution in [3.8, 4) is 89.5 Å². The molecule has 12 aromatic rings. The third kappa shape index (κ3) is 13.1. The Labute approximate surface area is 622 Å². The Balaban J connectivity index is 0.000000104. The highest BCUT2D eigenvalue weighted by Gasteiger charge is 2.50. The van der Waals surface area contributed by atoms with Gasteiger partial charge in [-0.15, -0.1) is 0 Å². The van der Waals surface area contributed by atoms with E-state index < -0.39 is 0 Å². The molecule has 104 heavy (non-hydrogen) atoms. The van der Waals surface area contributed by atoms with Crippen LogP contribution in [0.15, 0.2) is 267 Å². The summed E-state index contributed by atoms with van der Waals surface area (Å²) in [5.41, 5.74) is 31.0. The van der Waals surface area contributed by atoms with Crippen molar-refractivity contribution in [1.82, 2.24) is 0 Å². The van der Waals surface area contributed by atoms with Crippen molar-refractivity contribution in [3.63, 3.8) is 0 Å². The molecule has 8 atom stereocenters. The van der Waals surface area contributed by atoms with E-state index in [1.165, 1.54) is 200 Å². The van der Waals surface area contributed by atoms with Crippen molar-refractivity contribution < 1.29 is 21.0 Å². The molecule has 12 fully saturated rings. The fourth-order valence-corrected chi connectivity index (χ4v) is 20.5. The molecular weight excluding hydrogens is 1260 g/mol. The van der Waals surface area contributed by atoms with Gasteiger partial charge in [0.25, 0.3) is 0 Å². The maximum atomic E-state index is 9.04. The van der Waals surface area contributed by atoms with Gasteiger partial charge in [-0.05, 0) is 291 Å². The van der Waals surface area contributed by atoms with E-state index in [4.69, 9.17) is 2.74 Å². The van der Waals surface area contributed by atoms with Gasteiger partial charge >= 0.3 is 0 Å². The molecular formula is C100H104N4+4. The minimum atomic E-state index is -0.334. The van der Waals surface area contributed by atoms with Crippen LogP contribution in [0.3, 0.4) is 0 Å². The highest BCUT2D eigenvalue weighted by atomic mass is 14.9. The second-order valence-electron chi connectivity index (χ2n) is 32.4. The second-order valence-corrected chi connectivity index (χ2v) is 32.4. The number of aryl methyl sites for hydroxylation is 8. The van der Waals surface area contributed by atoms with Gasteiger partial charge in [0.15, 0.2) is 24.8 Å². The third-order valence-corrected chi connectivity index (χ3v) is 26.2. The zero-order valence-corrected chi connectivity index (χ0v) is 62.5. The van der Waals surface area contributed by atoms with E-state index in [2.05, 4.69) is 342 Å². The van der Waals surface area contributed by atoms with Crippen LogP contribution in [-0.4, -0.2) is 0 Å². The van der Waals surface area contributed by atoms with Crippen molar-refractivity contribution in [2.75, 3.05) is 0 Å². The first-order valence-electron chi connectivity index (χ1n) is 40.2. The lowest BCUT2D eigenvalue weighted by Gasteiger charge is -2.36. The van der Waals surface area contributed by atoms with Gasteiger partial charge in [-0.3, -0.25) is 0 Å². The van der Waals surface area contributed by atoms with Crippen LogP contribution in [0.5, 0.6) is 0 Å². The molecule has 4 nitrogen and oxygen atoms in total. The largest absolute Gasteiger partial charge is 0.212 e. The van der Waals surface area contributed by atoms with Crippen molar-refractivity contribution in [2.24, 2.45) is 75.5 Å². The van der Waals surface area contributed by atoms with Gasteiger partial charge in [-0.1, -0.05) is 170 Å². The highest BCUT2D eigenvalue weighted by molar-refractivity contribution is 5.71. The molecule has 0 spiro atoms. The minimum Gasteiger partial charge on any atom is -0.200 e. The monoisotopic (exact) mass is 1360 g/mol. The van der Waals surface area contributed by atoms with Crippen LogP contribution < -0.4 is 18.3 Å². The predicted molar refractivity (Wildman–Crippen MR) is 427 cm³/mol. The molecule has 12 aliphatic carbocycles. The molecule has 0 aliphatic heterocycles. The van der Waals surface area contributed by atoms with Gasteiger partial charge in [0.05, 0.1) is 0 Å². The molecule has 0 radical (unpaired) electrons. The maximum Gasteiger partial charge on any atom is 0.212 e. The van der Waals surface area contributed by atoms with Gasteiger partial charge in [0, 0.05) is 71.5 Å². The molecule has 4 heteroatoms. The summed E-state index contributed by atoms with van der Waals surface area (Å²) in [6.45, 7) is 8.68. The molecule has 24 rings (SSSR count). The zero-order valence-electron chi connectivity index (χ0n) is 64.5. The number of pyridine rings is 4. The Bertz CT molecular complexity index is 5210. The zero-order chi connectivity index (χ0) is 72.5. The Kier molecular flexibility index (Phi) is 18.0.